The monoisotopic (exact) mass is 261 g/mol. The third-order valence-corrected chi connectivity index (χ3v) is 4.96. The summed E-state index contributed by atoms with van der Waals surface area (Å²) in [4.78, 5) is 4.99. The average molecular weight is 261 g/mol. The summed E-state index contributed by atoms with van der Waals surface area (Å²) in [6.07, 6.45) is 6.04. The van der Waals surface area contributed by atoms with Crippen molar-refractivity contribution in [1.82, 2.24) is 14.9 Å². The first-order valence-electron chi connectivity index (χ1n) is 7.67. The summed E-state index contributed by atoms with van der Waals surface area (Å²) in [5.41, 5.74) is 3.04. The number of hydrogen-bond donors (Lipinski definition) is 1. The summed E-state index contributed by atoms with van der Waals surface area (Å²) in [7, 11) is 0. The van der Waals surface area contributed by atoms with E-state index in [4.69, 9.17) is 9.72 Å². The minimum Gasteiger partial charge on any atom is -0.381 e. The first-order valence-corrected chi connectivity index (χ1v) is 7.67. The Kier molecular flexibility index (Phi) is 2.71. The number of aromatic nitrogens is 2. The van der Waals surface area contributed by atoms with E-state index in [1.807, 2.05) is 0 Å². The molecule has 1 saturated carbocycles. The predicted octanol–water partition coefficient (Wildman–Crippen LogP) is 1.93. The van der Waals surface area contributed by atoms with Gasteiger partial charge in [0.15, 0.2) is 0 Å². The summed E-state index contributed by atoms with van der Waals surface area (Å²) in [6, 6.07) is 0. The van der Waals surface area contributed by atoms with Crippen molar-refractivity contribution in [3.05, 3.63) is 17.2 Å². The van der Waals surface area contributed by atoms with E-state index in [9.17, 15) is 0 Å². The molecule has 0 unspecified atom stereocenters. The lowest BCUT2D eigenvalue weighted by atomic mass is 9.91. The van der Waals surface area contributed by atoms with Crippen LogP contribution < -0.4 is 5.32 Å². The highest BCUT2D eigenvalue weighted by atomic mass is 16.5. The van der Waals surface area contributed by atoms with Gasteiger partial charge in [0.1, 0.15) is 5.82 Å². The summed E-state index contributed by atoms with van der Waals surface area (Å²) >= 11 is 0. The standard InChI is InChI=1S/C15H23N3O/c1-15(5-8-19-9-6-15)18-13-4-7-16-10-12(13)17-14(18)11-2-3-11/h11,16H,2-10H2,1H3. The number of hydrogen-bond acceptors (Lipinski definition) is 3. The van der Waals surface area contributed by atoms with E-state index in [0.717, 1.165) is 51.5 Å². The number of fused-ring (bicyclic) bond motifs is 1. The van der Waals surface area contributed by atoms with Crippen LogP contribution in [0.2, 0.25) is 0 Å². The van der Waals surface area contributed by atoms with Crippen molar-refractivity contribution in [2.45, 2.75) is 57.0 Å². The normalized spacial score (nSPS) is 26.2. The molecule has 4 heteroatoms. The second-order valence-electron chi connectivity index (χ2n) is 6.51. The van der Waals surface area contributed by atoms with Crippen LogP contribution in [0.5, 0.6) is 0 Å². The fraction of sp³-hybridized carbons (Fsp3) is 0.800. The maximum absolute atomic E-state index is 5.58. The zero-order valence-electron chi connectivity index (χ0n) is 11.7. The van der Waals surface area contributed by atoms with Crippen LogP contribution >= 0.6 is 0 Å². The van der Waals surface area contributed by atoms with Crippen molar-refractivity contribution >= 4 is 0 Å². The van der Waals surface area contributed by atoms with Crippen molar-refractivity contribution in [1.29, 1.82) is 0 Å². The summed E-state index contributed by atoms with van der Waals surface area (Å²) < 4.78 is 8.21. The first-order chi connectivity index (χ1) is 9.28. The molecule has 0 amide bonds. The lowest BCUT2D eigenvalue weighted by molar-refractivity contribution is 0.0270. The van der Waals surface area contributed by atoms with Gasteiger partial charge in [0.05, 0.1) is 5.69 Å². The maximum Gasteiger partial charge on any atom is 0.112 e. The van der Waals surface area contributed by atoms with E-state index < -0.39 is 0 Å². The van der Waals surface area contributed by atoms with Gasteiger partial charge in [0, 0.05) is 49.9 Å². The van der Waals surface area contributed by atoms with Crippen LogP contribution in [-0.4, -0.2) is 29.3 Å². The molecule has 2 aliphatic heterocycles. The minimum atomic E-state index is 0.230. The Morgan fingerprint density at radius 2 is 2.11 bits per heavy atom. The van der Waals surface area contributed by atoms with Gasteiger partial charge in [-0.25, -0.2) is 4.98 Å². The lowest BCUT2D eigenvalue weighted by Crippen LogP contribution is -2.40. The molecule has 3 heterocycles. The molecule has 0 bridgehead atoms. The van der Waals surface area contributed by atoms with Gasteiger partial charge < -0.3 is 14.6 Å². The van der Waals surface area contributed by atoms with E-state index in [1.165, 1.54) is 30.1 Å². The van der Waals surface area contributed by atoms with Crippen LogP contribution in [0.25, 0.3) is 0 Å². The van der Waals surface area contributed by atoms with E-state index in [0.29, 0.717) is 0 Å². The van der Waals surface area contributed by atoms with E-state index in [2.05, 4.69) is 16.8 Å². The second kappa shape index (κ2) is 4.32. The van der Waals surface area contributed by atoms with Crippen LogP contribution in [0.4, 0.5) is 0 Å². The highest BCUT2D eigenvalue weighted by Gasteiger charge is 2.39. The molecule has 3 aliphatic rings. The molecule has 1 saturated heterocycles. The number of nitrogens with one attached hydrogen (secondary N) is 1. The zero-order chi connectivity index (χ0) is 12.9. The number of rotatable bonds is 2. The molecule has 0 aromatic carbocycles. The highest BCUT2D eigenvalue weighted by Crippen LogP contribution is 2.44. The van der Waals surface area contributed by atoms with Crippen molar-refractivity contribution < 1.29 is 4.74 Å². The van der Waals surface area contributed by atoms with Crippen LogP contribution in [0, 0.1) is 0 Å². The topological polar surface area (TPSA) is 39.1 Å². The molecule has 0 radical (unpaired) electrons. The Morgan fingerprint density at radius 1 is 1.32 bits per heavy atom. The molecular formula is C15H23N3O. The second-order valence-corrected chi connectivity index (χ2v) is 6.51. The van der Waals surface area contributed by atoms with Crippen LogP contribution in [0.3, 0.4) is 0 Å². The summed E-state index contributed by atoms with van der Waals surface area (Å²) in [6.45, 7) is 6.24. The third kappa shape index (κ3) is 1.93. The Hall–Kier alpha value is -0.870. The number of ether oxygens (including phenoxy) is 1. The Labute approximate surface area is 114 Å². The van der Waals surface area contributed by atoms with Crippen LogP contribution in [0.1, 0.15) is 55.7 Å². The molecule has 1 aromatic rings. The van der Waals surface area contributed by atoms with E-state index in [1.54, 1.807) is 0 Å². The SMILES string of the molecule is CC1(n2c(C3CC3)nc3c2CCNC3)CCOCC1. The molecule has 0 atom stereocenters. The van der Waals surface area contributed by atoms with Crippen LogP contribution in [-0.2, 0) is 23.2 Å². The molecule has 1 aromatic heterocycles. The zero-order valence-corrected chi connectivity index (χ0v) is 11.7. The molecule has 0 spiro atoms. The lowest BCUT2D eigenvalue weighted by Gasteiger charge is -2.38. The molecule has 4 nitrogen and oxygen atoms in total. The molecule has 2 fully saturated rings. The van der Waals surface area contributed by atoms with Crippen molar-refractivity contribution in [3.63, 3.8) is 0 Å². The molecule has 1 aliphatic carbocycles. The average Bonchev–Trinajstić information content (AvgIpc) is 3.19. The minimum absolute atomic E-state index is 0.230. The quantitative estimate of drug-likeness (QED) is 0.884. The van der Waals surface area contributed by atoms with Gasteiger partial charge in [0.25, 0.3) is 0 Å². The van der Waals surface area contributed by atoms with Gasteiger partial charge in [-0.2, -0.15) is 0 Å². The Balaban J connectivity index is 1.81. The van der Waals surface area contributed by atoms with Gasteiger partial charge in [-0.15, -0.1) is 0 Å². The predicted molar refractivity (Wildman–Crippen MR) is 73.3 cm³/mol. The summed E-state index contributed by atoms with van der Waals surface area (Å²) in [5.74, 6) is 2.10. The van der Waals surface area contributed by atoms with Gasteiger partial charge in [-0.05, 0) is 32.6 Å². The number of imidazole rings is 1. The van der Waals surface area contributed by atoms with Gasteiger partial charge in [0.2, 0.25) is 0 Å². The largest absolute Gasteiger partial charge is 0.381 e. The van der Waals surface area contributed by atoms with Gasteiger partial charge in [-0.1, -0.05) is 0 Å². The third-order valence-electron chi connectivity index (χ3n) is 4.96. The van der Waals surface area contributed by atoms with Crippen molar-refractivity contribution in [2.75, 3.05) is 19.8 Å². The molecular weight excluding hydrogens is 238 g/mol. The first kappa shape index (κ1) is 11.9. The maximum atomic E-state index is 5.58. The molecule has 4 rings (SSSR count). The highest BCUT2D eigenvalue weighted by molar-refractivity contribution is 5.26. The fourth-order valence-electron chi connectivity index (χ4n) is 3.58. The molecule has 19 heavy (non-hydrogen) atoms. The van der Waals surface area contributed by atoms with Crippen molar-refractivity contribution in [2.24, 2.45) is 0 Å². The van der Waals surface area contributed by atoms with Gasteiger partial charge in [-0.3, -0.25) is 0 Å². The van der Waals surface area contributed by atoms with Gasteiger partial charge >= 0.3 is 0 Å². The fourth-order valence-corrected chi connectivity index (χ4v) is 3.58. The van der Waals surface area contributed by atoms with E-state index in [-0.39, 0.29) is 5.54 Å². The Bertz CT molecular complexity index is 484. The molecule has 104 valence electrons. The molecule has 1 N–H and O–H groups in total. The Morgan fingerprint density at radius 3 is 2.84 bits per heavy atom. The van der Waals surface area contributed by atoms with Crippen molar-refractivity contribution in [3.8, 4) is 0 Å². The smallest absolute Gasteiger partial charge is 0.112 e. The summed E-state index contributed by atoms with van der Waals surface area (Å²) in [5, 5.41) is 3.46. The van der Waals surface area contributed by atoms with Crippen LogP contribution in [0.15, 0.2) is 0 Å². The van der Waals surface area contributed by atoms with E-state index >= 15 is 0 Å². The number of nitrogens with zero attached hydrogens (tertiary/aromatic N) is 2.